The largest absolute Gasteiger partial charge is 0.387 e. The summed E-state index contributed by atoms with van der Waals surface area (Å²) in [5, 5.41) is 19.4. The van der Waals surface area contributed by atoms with Crippen molar-refractivity contribution in [1.82, 2.24) is 9.88 Å². The Labute approximate surface area is 137 Å². The van der Waals surface area contributed by atoms with Crippen molar-refractivity contribution in [2.75, 3.05) is 13.1 Å². The summed E-state index contributed by atoms with van der Waals surface area (Å²) in [4.78, 5) is 6.65. The van der Waals surface area contributed by atoms with Crippen molar-refractivity contribution < 1.29 is 5.11 Å². The second-order valence-corrected chi connectivity index (χ2v) is 6.13. The van der Waals surface area contributed by atoms with Gasteiger partial charge in [-0.3, -0.25) is 9.88 Å². The van der Waals surface area contributed by atoms with Crippen LogP contribution in [0.1, 0.15) is 35.8 Å². The molecule has 2 heterocycles. The van der Waals surface area contributed by atoms with Crippen molar-refractivity contribution in [2.24, 2.45) is 5.92 Å². The lowest BCUT2D eigenvalue weighted by Crippen LogP contribution is -2.35. The number of benzene rings is 1. The summed E-state index contributed by atoms with van der Waals surface area (Å²) in [6.45, 7) is 2.79. The molecule has 1 unspecified atom stereocenters. The Bertz CT molecular complexity index is 673. The van der Waals surface area contributed by atoms with Gasteiger partial charge in [0.15, 0.2) is 0 Å². The number of rotatable bonds is 4. The lowest BCUT2D eigenvalue weighted by Gasteiger charge is -2.34. The first kappa shape index (κ1) is 15.7. The van der Waals surface area contributed by atoms with Crippen LogP contribution in [0.2, 0.25) is 0 Å². The fourth-order valence-electron chi connectivity index (χ4n) is 3.22. The normalized spacial score (nSPS) is 17.6. The Morgan fingerprint density at radius 1 is 1.22 bits per heavy atom. The molecule has 1 aliphatic rings. The number of nitrogens with zero attached hydrogens (tertiary/aromatic N) is 3. The van der Waals surface area contributed by atoms with E-state index in [9.17, 15) is 5.11 Å². The second kappa shape index (κ2) is 7.36. The minimum Gasteiger partial charge on any atom is -0.387 e. The number of aliphatic hydroxyl groups is 1. The molecule has 4 heteroatoms. The van der Waals surface area contributed by atoms with Gasteiger partial charge in [0, 0.05) is 12.7 Å². The predicted octanol–water partition coefficient (Wildman–Crippen LogP) is 2.90. The van der Waals surface area contributed by atoms with E-state index in [4.69, 9.17) is 5.26 Å². The third kappa shape index (κ3) is 3.95. The van der Waals surface area contributed by atoms with E-state index in [0.717, 1.165) is 38.2 Å². The third-order valence-electron chi connectivity index (χ3n) is 4.53. The lowest BCUT2D eigenvalue weighted by molar-refractivity contribution is 0.0540. The van der Waals surface area contributed by atoms with Crippen LogP contribution in [0.4, 0.5) is 0 Å². The highest BCUT2D eigenvalue weighted by molar-refractivity contribution is 5.32. The molecule has 0 spiro atoms. The summed E-state index contributed by atoms with van der Waals surface area (Å²) in [5.74, 6) is 0.270. The summed E-state index contributed by atoms with van der Waals surface area (Å²) >= 11 is 0. The van der Waals surface area contributed by atoms with Crippen LogP contribution in [-0.2, 0) is 6.54 Å². The molecular weight excluding hydrogens is 286 g/mol. The van der Waals surface area contributed by atoms with E-state index in [1.165, 1.54) is 5.56 Å². The van der Waals surface area contributed by atoms with E-state index in [2.05, 4.69) is 22.0 Å². The van der Waals surface area contributed by atoms with Crippen LogP contribution in [0.3, 0.4) is 0 Å². The number of aromatic nitrogens is 1. The number of hydrogen-bond donors (Lipinski definition) is 1. The molecule has 0 radical (unpaired) electrons. The zero-order chi connectivity index (χ0) is 16.1. The van der Waals surface area contributed by atoms with Crippen molar-refractivity contribution in [3.05, 3.63) is 65.5 Å². The van der Waals surface area contributed by atoms with Gasteiger partial charge >= 0.3 is 0 Å². The van der Waals surface area contributed by atoms with Gasteiger partial charge in [-0.05, 0) is 61.7 Å². The molecule has 3 rings (SSSR count). The van der Waals surface area contributed by atoms with E-state index >= 15 is 0 Å². The average molecular weight is 307 g/mol. The molecule has 1 N–H and O–H groups in total. The molecular formula is C19H21N3O. The Hall–Kier alpha value is -2.22. The fraction of sp³-hybridized carbons (Fsp3) is 0.368. The van der Waals surface area contributed by atoms with Gasteiger partial charge in [-0.15, -0.1) is 0 Å². The molecule has 1 aromatic heterocycles. The Morgan fingerprint density at radius 2 is 2.04 bits per heavy atom. The first-order chi connectivity index (χ1) is 11.3. The number of nitriles is 1. The van der Waals surface area contributed by atoms with Gasteiger partial charge < -0.3 is 5.11 Å². The standard InChI is InChI=1S/C19H21N3O/c20-13-15-4-3-5-16(12-15)14-22-10-7-17(8-11-22)19(23)18-6-1-2-9-21-18/h1-6,9,12,17,19,23H,7-8,10-11,14H2. The van der Waals surface area contributed by atoms with Gasteiger partial charge in [-0.2, -0.15) is 5.26 Å². The Kier molecular flexibility index (Phi) is 5.02. The molecule has 1 saturated heterocycles. The van der Waals surface area contributed by atoms with Crippen LogP contribution in [0, 0.1) is 17.2 Å². The SMILES string of the molecule is N#Cc1cccc(CN2CCC(C(O)c3ccccn3)CC2)c1. The van der Waals surface area contributed by atoms with Crippen molar-refractivity contribution in [3.8, 4) is 6.07 Å². The number of piperidine rings is 1. The predicted molar refractivity (Wildman–Crippen MR) is 88.4 cm³/mol. The summed E-state index contributed by atoms with van der Waals surface area (Å²) in [5.41, 5.74) is 2.66. The molecule has 0 bridgehead atoms. The maximum absolute atomic E-state index is 10.5. The van der Waals surface area contributed by atoms with Gasteiger partial charge in [0.05, 0.1) is 23.4 Å². The average Bonchev–Trinajstić information content (AvgIpc) is 2.63. The number of hydrogen-bond acceptors (Lipinski definition) is 4. The molecule has 0 saturated carbocycles. The fourth-order valence-corrected chi connectivity index (χ4v) is 3.22. The molecule has 1 atom stereocenters. The Morgan fingerprint density at radius 3 is 2.74 bits per heavy atom. The van der Waals surface area contributed by atoms with E-state index in [1.807, 2.05) is 36.4 Å². The maximum Gasteiger partial charge on any atom is 0.0991 e. The van der Waals surface area contributed by atoms with Crippen molar-refractivity contribution in [3.63, 3.8) is 0 Å². The van der Waals surface area contributed by atoms with E-state index in [1.54, 1.807) is 6.20 Å². The minimum atomic E-state index is -0.472. The van der Waals surface area contributed by atoms with Crippen LogP contribution in [0.15, 0.2) is 48.7 Å². The topological polar surface area (TPSA) is 60.2 Å². The van der Waals surface area contributed by atoms with E-state index in [0.29, 0.717) is 5.56 Å². The van der Waals surface area contributed by atoms with Crippen LogP contribution in [0.25, 0.3) is 0 Å². The summed E-state index contributed by atoms with van der Waals surface area (Å²) in [6, 6.07) is 15.7. The summed E-state index contributed by atoms with van der Waals surface area (Å²) in [7, 11) is 0. The minimum absolute atomic E-state index is 0.270. The third-order valence-corrected chi connectivity index (χ3v) is 4.53. The molecule has 23 heavy (non-hydrogen) atoms. The molecule has 118 valence electrons. The van der Waals surface area contributed by atoms with Crippen LogP contribution in [0.5, 0.6) is 0 Å². The lowest BCUT2D eigenvalue weighted by atomic mass is 9.89. The molecule has 2 aromatic rings. The van der Waals surface area contributed by atoms with Crippen LogP contribution >= 0.6 is 0 Å². The molecule has 1 aromatic carbocycles. The summed E-state index contributed by atoms with van der Waals surface area (Å²) < 4.78 is 0. The molecule has 0 amide bonds. The Balaban J connectivity index is 1.55. The zero-order valence-corrected chi connectivity index (χ0v) is 13.1. The van der Waals surface area contributed by atoms with Gasteiger partial charge in [0.2, 0.25) is 0 Å². The van der Waals surface area contributed by atoms with E-state index < -0.39 is 6.10 Å². The quantitative estimate of drug-likeness (QED) is 0.943. The highest BCUT2D eigenvalue weighted by atomic mass is 16.3. The molecule has 4 nitrogen and oxygen atoms in total. The van der Waals surface area contributed by atoms with Crippen molar-refractivity contribution in [1.29, 1.82) is 5.26 Å². The van der Waals surface area contributed by atoms with E-state index in [-0.39, 0.29) is 5.92 Å². The zero-order valence-electron chi connectivity index (χ0n) is 13.1. The van der Waals surface area contributed by atoms with Crippen LogP contribution < -0.4 is 0 Å². The second-order valence-electron chi connectivity index (χ2n) is 6.13. The molecule has 1 fully saturated rings. The van der Waals surface area contributed by atoms with Crippen LogP contribution in [-0.4, -0.2) is 28.1 Å². The van der Waals surface area contributed by atoms with Crippen molar-refractivity contribution >= 4 is 0 Å². The number of aliphatic hydroxyl groups excluding tert-OH is 1. The number of pyridine rings is 1. The first-order valence-electron chi connectivity index (χ1n) is 8.06. The molecule has 1 aliphatic heterocycles. The van der Waals surface area contributed by atoms with Gasteiger partial charge in [-0.25, -0.2) is 0 Å². The van der Waals surface area contributed by atoms with Gasteiger partial charge in [0.1, 0.15) is 0 Å². The summed E-state index contributed by atoms with van der Waals surface area (Å²) in [6.07, 6.45) is 3.20. The monoisotopic (exact) mass is 307 g/mol. The van der Waals surface area contributed by atoms with Crippen molar-refractivity contribution in [2.45, 2.75) is 25.5 Å². The maximum atomic E-state index is 10.5. The highest BCUT2D eigenvalue weighted by Crippen LogP contribution is 2.30. The highest BCUT2D eigenvalue weighted by Gasteiger charge is 2.26. The molecule has 0 aliphatic carbocycles. The van der Waals surface area contributed by atoms with Gasteiger partial charge in [-0.1, -0.05) is 18.2 Å². The van der Waals surface area contributed by atoms with Gasteiger partial charge in [0.25, 0.3) is 0 Å². The smallest absolute Gasteiger partial charge is 0.0991 e. The first-order valence-corrected chi connectivity index (χ1v) is 8.06. The number of likely N-dealkylation sites (tertiary alicyclic amines) is 1.